The van der Waals surface area contributed by atoms with Crippen LogP contribution >= 0.6 is 11.6 Å². The van der Waals surface area contributed by atoms with Crippen LogP contribution in [0.1, 0.15) is 16.1 Å². The Hall–Kier alpha value is -5.15. The normalized spacial score (nSPS) is 11.5. The molecule has 0 unspecified atom stereocenters. The zero-order valence-corrected chi connectivity index (χ0v) is 21.0. The van der Waals surface area contributed by atoms with Gasteiger partial charge in [0.05, 0.1) is 40.2 Å². The number of aromatic carboxylic acids is 1. The fourth-order valence-corrected chi connectivity index (χ4v) is 4.45. The van der Waals surface area contributed by atoms with Crippen molar-refractivity contribution in [2.45, 2.75) is 0 Å². The number of carboxylic acids is 1. The van der Waals surface area contributed by atoms with Gasteiger partial charge in [-0.1, -0.05) is 29.8 Å². The van der Waals surface area contributed by atoms with E-state index in [-0.39, 0.29) is 16.4 Å². The lowest BCUT2D eigenvalue weighted by Gasteiger charge is -2.06. The predicted molar refractivity (Wildman–Crippen MR) is 147 cm³/mol. The molecule has 39 heavy (non-hydrogen) atoms. The standard InChI is InChI=1S/C29H18ClN3O6/c1-37-24-7-4-8-25-20(24)14-26(39-25)27-32-22-6-3-2-5-18(22)28(34)33(27)31-15-17-10-12-23(38-17)16-9-11-21(30)19(13-16)29(35)36/h2-15H,1H3,(H,35,36). The van der Waals surface area contributed by atoms with E-state index in [0.717, 1.165) is 10.1 Å². The Balaban J connectivity index is 1.45. The lowest BCUT2D eigenvalue weighted by atomic mass is 10.1. The molecule has 0 aliphatic carbocycles. The Kier molecular flexibility index (Phi) is 5.97. The summed E-state index contributed by atoms with van der Waals surface area (Å²) in [4.78, 5) is 29.6. The number of para-hydroxylation sites is 1. The molecule has 3 aromatic heterocycles. The second-order valence-corrected chi connectivity index (χ2v) is 8.91. The van der Waals surface area contributed by atoms with Crippen LogP contribution < -0.4 is 10.3 Å². The van der Waals surface area contributed by atoms with Crippen molar-refractivity contribution in [1.82, 2.24) is 9.66 Å². The Labute approximate surface area is 225 Å². The fraction of sp³-hybridized carbons (Fsp3) is 0.0345. The highest BCUT2D eigenvalue weighted by Crippen LogP contribution is 2.33. The summed E-state index contributed by atoms with van der Waals surface area (Å²) in [5.74, 6) is 0.741. The summed E-state index contributed by atoms with van der Waals surface area (Å²) in [6.45, 7) is 0. The number of halogens is 1. The summed E-state index contributed by atoms with van der Waals surface area (Å²) in [5, 5.41) is 15.0. The van der Waals surface area contributed by atoms with Gasteiger partial charge in [-0.2, -0.15) is 9.78 Å². The summed E-state index contributed by atoms with van der Waals surface area (Å²) in [6.07, 6.45) is 1.38. The van der Waals surface area contributed by atoms with Crippen molar-refractivity contribution in [2.75, 3.05) is 7.11 Å². The van der Waals surface area contributed by atoms with E-state index in [4.69, 9.17) is 25.2 Å². The minimum atomic E-state index is -1.14. The van der Waals surface area contributed by atoms with E-state index >= 15 is 0 Å². The Morgan fingerprint density at radius 2 is 1.85 bits per heavy atom. The van der Waals surface area contributed by atoms with Gasteiger partial charge in [-0.25, -0.2) is 9.78 Å². The first kappa shape index (κ1) is 24.2. The molecule has 10 heteroatoms. The van der Waals surface area contributed by atoms with E-state index < -0.39 is 11.5 Å². The number of ether oxygens (including phenoxy) is 1. The van der Waals surface area contributed by atoms with Crippen molar-refractivity contribution in [3.05, 3.63) is 106 Å². The number of methoxy groups -OCH3 is 1. The SMILES string of the molecule is COc1cccc2oc(-c3nc4ccccc4c(=O)n3N=Cc3ccc(-c4ccc(Cl)c(C(=O)O)c4)o3)cc12. The molecule has 9 nitrogen and oxygen atoms in total. The molecule has 192 valence electrons. The van der Waals surface area contributed by atoms with Crippen molar-refractivity contribution < 1.29 is 23.5 Å². The number of nitrogens with zero attached hydrogens (tertiary/aromatic N) is 3. The Morgan fingerprint density at radius 1 is 1.00 bits per heavy atom. The number of aromatic nitrogens is 2. The van der Waals surface area contributed by atoms with E-state index in [9.17, 15) is 14.7 Å². The molecule has 6 aromatic rings. The molecule has 0 radical (unpaired) electrons. The fourth-order valence-electron chi connectivity index (χ4n) is 4.25. The maximum absolute atomic E-state index is 13.5. The maximum Gasteiger partial charge on any atom is 0.337 e. The minimum absolute atomic E-state index is 0.0401. The number of benzene rings is 3. The second-order valence-electron chi connectivity index (χ2n) is 8.50. The van der Waals surface area contributed by atoms with Crippen molar-refractivity contribution in [3.8, 4) is 28.7 Å². The third-order valence-corrected chi connectivity index (χ3v) is 6.45. The zero-order chi connectivity index (χ0) is 27.1. The number of rotatable bonds is 6. The van der Waals surface area contributed by atoms with Crippen LogP contribution in [0, 0.1) is 0 Å². The number of hydrogen-bond donors (Lipinski definition) is 1. The second kappa shape index (κ2) is 9.62. The molecule has 0 atom stereocenters. The van der Waals surface area contributed by atoms with Gasteiger partial charge in [-0.15, -0.1) is 0 Å². The number of fused-ring (bicyclic) bond motifs is 2. The van der Waals surface area contributed by atoms with E-state index in [1.165, 1.54) is 18.3 Å². The molecule has 0 bridgehead atoms. The highest BCUT2D eigenvalue weighted by molar-refractivity contribution is 6.33. The van der Waals surface area contributed by atoms with Crippen molar-refractivity contribution >= 4 is 45.7 Å². The van der Waals surface area contributed by atoms with Gasteiger partial charge in [-0.3, -0.25) is 4.79 Å². The topological polar surface area (TPSA) is 120 Å². The first-order valence-electron chi connectivity index (χ1n) is 11.7. The van der Waals surface area contributed by atoms with Crippen LogP contribution in [-0.2, 0) is 0 Å². The van der Waals surface area contributed by atoms with E-state index in [2.05, 4.69) is 10.1 Å². The zero-order valence-electron chi connectivity index (χ0n) is 20.3. The molecular formula is C29H18ClN3O6. The molecular weight excluding hydrogens is 522 g/mol. The van der Waals surface area contributed by atoms with Gasteiger partial charge >= 0.3 is 5.97 Å². The van der Waals surface area contributed by atoms with Gasteiger partial charge in [0.1, 0.15) is 22.9 Å². The lowest BCUT2D eigenvalue weighted by molar-refractivity contribution is 0.0697. The lowest BCUT2D eigenvalue weighted by Crippen LogP contribution is -2.20. The highest BCUT2D eigenvalue weighted by Gasteiger charge is 2.18. The van der Waals surface area contributed by atoms with Gasteiger partial charge in [0, 0.05) is 5.56 Å². The van der Waals surface area contributed by atoms with E-state index in [1.54, 1.807) is 61.7 Å². The average molecular weight is 540 g/mol. The molecule has 0 fully saturated rings. The molecule has 0 amide bonds. The number of carbonyl (C=O) groups is 1. The van der Waals surface area contributed by atoms with Crippen molar-refractivity contribution in [1.29, 1.82) is 0 Å². The number of hydrogen-bond acceptors (Lipinski definition) is 7. The van der Waals surface area contributed by atoms with Crippen LogP contribution in [0.2, 0.25) is 5.02 Å². The summed E-state index contributed by atoms with van der Waals surface area (Å²) in [7, 11) is 1.57. The molecule has 1 N–H and O–H groups in total. The maximum atomic E-state index is 13.5. The van der Waals surface area contributed by atoms with Gasteiger partial charge in [0.15, 0.2) is 5.76 Å². The Morgan fingerprint density at radius 3 is 2.67 bits per heavy atom. The monoisotopic (exact) mass is 539 g/mol. The molecule has 0 saturated heterocycles. The van der Waals surface area contributed by atoms with E-state index in [0.29, 0.717) is 45.1 Å². The molecule has 0 aliphatic heterocycles. The smallest absolute Gasteiger partial charge is 0.337 e. The molecule has 0 saturated carbocycles. The summed E-state index contributed by atoms with van der Waals surface area (Å²) < 4.78 is 18.5. The van der Waals surface area contributed by atoms with Crippen LogP contribution in [0.4, 0.5) is 0 Å². The third kappa shape index (κ3) is 4.34. The van der Waals surface area contributed by atoms with Crippen LogP contribution in [0.25, 0.3) is 44.8 Å². The largest absolute Gasteiger partial charge is 0.496 e. The summed E-state index contributed by atoms with van der Waals surface area (Å²) in [5.41, 5.74) is 1.16. The number of carboxylic acid groups (broad SMARTS) is 1. The van der Waals surface area contributed by atoms with Crippen LogP contribution in [0.3, 0.4) is 0 Å². The molecule has 3 aromatic carbocycles. The van der Waals surface area contributed by atoms with Gasteiger partial charge < -0.3 is 18.7 Å². The van der Waals surface area contributed by atoms with Crippen LogP contribution in [0.15, 0.2) is 97.6 Å². The summed E-state index contributed by atoms with van der Waals surface area (Å²) in [6, 6.07) is 22.0. The van der Waals surface area contributed by atoms with Gasteiger partial charge in [-0.05, 0) is 60.7 Å². The minimum Gasteiger partial charge on any atom is -0.496 e. The van der Waals surface area contributed by atoms with Crippen LogP contribution in [0.5, 0.6) is 5.75 Å². The molecule has 3 heterocycles. The quantitative estimate of drug-likeness (QED) is 0.246. The van der Waals surface area contributed by atoms with Crippen molar-refractivity contribution in [3.63, 3.8) is 0 Å². The molecule has 0 spiro atoms. The van der Waals surface area contributed by atoms with Crippen molar-refractivity contribution in [2.24, 2.45) is 5.10 Å². The summed E-state index contributed by atoms with van der Waals surface area (Å²) >= 11 is 5.98. The Bertz CT molecular complexity index is 1980. The highest BCUT2D eigenvalue weighted by atomic mass is 35.5. The first-order chi connectivity index (χ1) is 18.9. The molecule has 0 aliphatic rings. The molecule has 6 rings (SSSR count). The van der Waals surface area contributed by atoms with Crippen LogP contribution in [-0.4, -0.2) is 34.1 Å². The third-order valence-electron chi connectivity index (χ3n) is 6.12. The average Bonchev–Trinajstić information content (AvgIpc) is 3.60. The van der Waals surface area contributed by atoms with Gasteiger partial charge in [0.25, 0.3) is 5.56 Å². The number of furan rings is 2. The van der Waals surface area contributed by atoms with E-state index in [1.807, 2.05) is 12.1 Å². The first-order valence-corrected chi connectivity index (χ1v) is 12.1. The van der Waals surface area contributed by atoms with Gasteiger partial charge in [0.2, 0.25) is 5.82 Å². The predicted octanol–water partition coefficient (Wildman–Crippen LogP) is 6.31.